The molecule has 2 N–H and O–H groups in total. The number of hydrogen-bond acceptors (Lipinski definition) is 7. The van der Waals surface area contributed by atoms with Crippen LogP contribution in [0.25, 0.3) is 0 Å². The van der Waals surface area contributed by atoms with Gasteiger partial charge >= 0.3 is 0 Å². The molecule has 0 saturated heterocycles. The van der Waals surface area contributed by atoms with Crippen LogP contribution in [0.4, 0.5) is 16.5 Å². The SMILES string of the molecule is CC(=O)c1cnc(NC(=O)CCNc2ccccc2[N+](=O)[O-])s1. The van der Waals surface area contributed by atoms with Crippen LogP contribution in [-0.4, -0.2) is 28.1 Å². The van der Waals surface area contributed by atoms with Gasteiger partial charge < -0.3 is 10.6 Å². The summed E-state index contributed by atoms with van der Waals surface area (Å²) in [7, 11) is 0. The number of thiazole rings is 1. The number of nitrogens with one attached hydrogen (secondary N) is 2. The fourth-order valence-electron chi connectivity index (χ4n) is 1.77. The number of para-hydroxylation sites is 2. The van der Waals surface area contributed by atoms with Gasteiger partial charge in [0.1, 0.15) is 5.69 Å². The molecular formula is C14H14N4O4S. The highest BCUT2D eigenvalue weighted by Crippen LogP contribution is 2.23. The number of nitrogens with zero attached hydrogens (tertiary/aromatic N) is 2. The predicted octanol–water partition coefficient (Wildman–Crippen LogP) is 2.69. The second kappa shape index (κ2) is 7.45. The summed E-state index contributed by atoms with van der Waals surface area (Å²) in [6.45, 7) is 1.66. The third-order valence-electron chi connectivity index (χ3n) is 2.87. The molecule has 1 heterocycles. The Morgan fingerprint density at radius 3 is 2.74 bits per heavy atom. The third-order valence-corrected chi connectivity index (χ3v) is 3.88. The standard InChI is InChI=1S/C14H14N4O4S/c1-9(19)12-8-16-14(23-12)17-13(20)6-7-15-10-4-2-3-5-11(10)18(21)22/h2-5,8,15H,6-7H2,1H3,(H,16,17,20). The van der Waals surface area contributed by atoms with Crippen LogP contribution in [0.15, 0.2) is 30.5 Å². The van der Waals surface area contributed by atoms with Gasteiger partial charge in [-0.15, -0.1) is 0 Å². The lowest BCUT2D eigenvalue weighted by atomic mass is 10.2. The van der Waals surface area contributed by atoms with Crippen LogP contribution in [0.2, 0.25) is 0 Å². The largest absolute Gasteiger partial charge is 0.379 e. The molecule has 0 spiro atoms. The normalized spacial score (nSPS) is 10.1. The van der Waals surface area contributed by atoms with Gasteiger partial charge in [0.15, 0.2) is 10.9 Å². The van der Waals surface area contributed by atoms with Crippen molar-refractivity contribution >= 4 is 39.5 Å². The van der Waals surface area contributed by atoms with E-state index in [0.29, 0.717) is 15.7 Å². The number of amides is 1. The minimum Gasteiger partial charge on any atom is -0.379 e. The Bertz CT molecular complexity index is 744. The molecule has 9 heteroatoms. The number of anilines is 2. The van der Waals surface area contributed by atoms with Crippen molar-refractivity contribution in [2.75, 3.05) is 17.2 Å². The Morgan fingerprint density at radius 2 is 2.09 bits per heavy atom. The zero-order valence-corrected chi connectivity index (χ0v) is 13.1. The van der Waals surface area contributed by atoms with Crippen LogP contribution in [0.1, 0.15) is 23.0 Å². The number of carbonyl (C=O) groups excluding carboxylic acids is 2. The average molecular weight is 334 g/mol. The minimum atomic E-state index is -0.485. The van der Waals surface area contributed by atoms with E-state index < -0.39 is 4.92 Å². The number of Topliss-reactive ketones (excluding diaryl/α,β-unsaturated/α-hetero) is 1. The number of nitro benzene ring substituents is 1. The summed E-state index contributed by atoms with van der Waals surface area (Å²) in [5, 5.41) is 16.7. The summed E-state index contributed by atoms with van der Waals surface area (Å²) in [5.41, 5.74) is 0.317. The van der Waals surface area contributed by atoms with Gasteiger partial charge in [-0.1, -0.05) is 23.5 Å². The van der Waals surface area contributed by atoms with Crippen LogP contribution in [0.3, 0.4) is 0 Å². The van der Waals surface area contributed by atoms with Crippen molar-refractivity contribution in [3.8, 4) is 0 Å². The summed E-state index contributed by atoms with van der Waals surface area (Å²) in [6.07, 6.45) is 1.52. The van der Waals surface area contributed by atoms with Crippen molar-refractivity contribution < 1.29 is 14.5 Å². The molecule has 2 aromatic rings. The van der Waals surface area contributed by atoms with E-state index in [-0.39, 0.29) is 30.3 Å². The maximum Gasteiger partial charge on any atom is 0.292 e. The smallest absolute Gasteiger partial charge is 0.292 e. The summed E-state index contributed by atoms with van der Waals surface area (Å²) in [6, 6.07) is 6.22. The van der Waals surface area contributed by atoms with Gasteiger partial charge in [0.2, 0.25) is 5.91 Å². The highest BCUT2D eigenvalue weighted by atomic mass is 32.1. The molecule has 1 amide bonds. The fourth-order valence-corrected chi connectivity index (χ4v) is 2.50. The second-order valence-electron chi connectivity index (χ2n) is 4.59. The zero-order valence-electron chi connectivity index (χ0n) is 12.2. The molecule has 0 fully saturated rings. The van der Waals surface area contributed by atoms with Crippen LogP contribution in [0.5, 0.6) is 0 Å². The van der Waals surface area contributed by atoms with E-state index in [1.807, 2.05) is 0 Å². The summed E-state index contributed by atoms with van der Waals surface area (Å²) in [5.74, 6) is -0.401. The van der Waals surface area contributed by atoms with Crippen molar-refractivity contribution in [1.29, 1.82) is 0 Å². The quantitative estimate of drug-likeness (QED) is 0.457. The van der Waals surface area contributed by atoms with E-state index >= 15 is 0 Å². The molecule has 0 atom stereocenters. The number of ketones is 1. The molecule has 0 radical (unpaired) electrons. The van der Waals surface area contributed by atoms with Crippen molar-refractivity contribution in [1.82, 2.24) is 4.98 Å². The Kier molecular flexibility index (Phi) is 5.36. The monoisotopic (exact) mass is 334 g/mol. The molecule has 0 bridgehead atoms. The van der Waals surface area contributed by atoms with E-state index in [0.717, 1.165) is 11.3 Å². The first-order chi connectivity index (χ1) is 11.0. The first-order valence-electron chi connectivity index (χ1n) is 6.71. The predicted molar refractivity (Wildman–Crippen MR) is 87.0 cm³/mol. The van der Waals surface area contributed by atoms with Gasteiger partial charge in [0.25, 0.3) is 5.69 Å². The van der Waals surface area contributed by atoms with E-state index in [2.05, 4.69) is 15.6 Å². The van der Waals surface area contributed by atoms with Crippen molar-refractivity contribution in [3.63, 3.8) is 0 Å². The first-order valence-corrected chi connectivity index (χ1v) is 7.53. The second-order valence-corrected chi connectivity index (χ2v) is 5.62. The lowest BCUT2D eigenvalue weighted by molar-refractivity contribution is -0.384. The van der Waals surface area contributed by atoms with E-state index in [1.54, 1.807) is 18.2 Å². The number of aromatic nitrogens is 1. The highest BCUT2D eigenvalue weighted by Gasteiger charge is 2.13. The van der Waals surface area contributed by atoms with Gasteiger partial charge in [-0.05, 0) is 6.07 Å². The molecule has 1 aromatic carbocycles. The number of benzene rings is 1. The molecule has 0 unspecified atom stereocenters. The minimum absolute atomic E-state index is 0.0427. The van der Waals surface area contributed by atoms with Gasteiger partial charge in [-0.3, -0.25) is 19.7 Å². The Hall–Kier alpha value is -2.81. The third kappa shape index (κ3) is 4.58. The van der Waals surface area contributed by atoms with Crippen LogP contribution >= 0.6 is 11.3 Å². The molecule has 120 valence electrons. The molecule has 2 rings (SSSR count). The van der Waals surface area contributed by atoms with Crippen LogP contribution in [0, 0.1) is 10.1 Å². The molecule has 8 nitrogen and oxygen atoms in total. The number of rotatable bonds is 7. The Labute approximate surface area is 135 Å². The maximum atomic E-state index is 11.8. The lowest BCUT2D eigenvalue weighted by Crippen LogP contribution is -2.16. The number of carbonyl (C=O) groups is 2. The summed E-state index contributed by atoms with van der Waals surface area (Å²) in [4.78, 5) is 37.7. The van der Waals surface area contributed by atoms with Gasteiger partial charge in [0, 0.05) is 26.0 Å². The topological polar surface area (TPSA) is 114 Å². The molecule has 0 aliphatic carbocycles. The zero-order chi connectivity index (χ0) is 16.8. The molecular weight excluding hydrogens is 320 g/mol. The fraction of sp³-hybridized carbons (Fsp3) is 0.214. The van der Waals surface area contributed by atoms with Crippen LogP contribution in [-0.2, 0) is 4.79 Å². The van der Waals surface area contributed by atoms with E-state index in [4.69, 9.17) is 0 Å². The van der Waals surface area contributed by atoms with E-state index in [1.165, 1.54) is 19.2 Å². The summed E-state index contributed by atoms with van der Waals surface area (Å²) >= 11 is 1.10. The molecule has 23 heavy (non-hydrogen) atoms. The Morgan fingerprint density at radius 1 is 1.35 bits per heavy atom. The first kappa shape index (κ1) is 16.6. The Balaban J connectivity index is 1.85. The number of nitro groups is 1. The molecule has 0 aliphatic heterocycles. The molecule has 0 aliphatic rings. The van der Waals surface area contributed by atoms with Gasteiger partial charge in [-0.25, -0.2) is 4.98 Å². The van der Waals surface area contributed by atoms with Crippen LogP contribution < -0.4 is 10.6 Å². The van der Waals surface area contributed by atoms with Gasteiger partial charge in [-0.2, -0.15) is 0 Å². The van der Waals surface area contributed by atoms with E-state index in [9.17, 15) is 19.7 Å². The van der Waals surface area contributed by atoms with Gasteiger partial charge in [0.05, 0.1) is 16.0 Å². The number of hydrogen-bond donors (Lipinski definition) is 2. The molecule has 0 saturated carbocycles. The highest BCUT2D eigenvalue weighted by molar-refractivity contribution is 7.17. The summed E-state index contributed by atoms with van der Waals surface area (Å²) < 4.78 is 0. The van der Waals surface area contributed by atoms with Crippen molar-refractivity contribution in [2.45, 2.75) is 13.3 Å². The average Bonchev–Trinajstić information content (AvgIpc) is 2.96. The lowest BCUT2D eigenvalue weighted by Gasteiger charge is -2.06. The van der Waals surface area contributed by atoms with Crippen molar-refractivity contribution in [2.24, 2.45) is 0 Å². The molecule has 1 aromatic heterocycles. The maximum absolute atomic E-state index is 11.8. The van der Waals surface area contributed by atoms with Crippen molar-refractivity contribution in [3.05, 3.63) is 45.5 Å².